The summed E-state index contributed by atoms with van der Waals surface area (Å²) in [4.78, 5) is 48.9. The highest BCUT2D eigenvalue weighted by atomic mass is 32.1. The van der Waals surface area contributed by atoms with Crippen molar-refractivity contribution in [3.8, 4) is 5.75 Å². The van der Waals surface area contributed by atoms with Gasteiger partial charge in [0.05, 0.1) is 30.5 Å². The average Bonchev–Trinajstić information content (AvgIpc) is 3.41. The molecule has 0 aliphatic carbocycles. The van der Waals surface area contributed by atoms with Gasteiger partial charge in [-0.25, -0.2) is 9.78 Å². The lowest BCUT2D eigenvalue weighted by molar-refractivity contribution is -0.132. The Balaban J connectivity index is 1.82. The van der Waals surface area contributed by atoms with Crippen molar-refractivity contribution in [2.24, 2.45) is 0 Å². The SMILES string of the molecule is CCCCOc1ccc(C2/C(=C(\O)c3ccncc3)C(=O)C(=O)N2c2nc(C)c(C(=O)OCC)s2)cc1. The van der Waals surface area contributed by atoms with Crippen LogP contribution in [0.4, 0.5) is 5.13 Å². The third-order valence-electron chi connectivity index (χ3n) is 5.81. The van der Waals surface area contributed by atoms with Gasteiger partial charge in [-0.15, -0.1) is 0 Å². The molecule has 2 aromatic heterocycles. The standard InChI is InChI=1S/C27H27N3O6S/c1-4-6-15-36-19-9-7-17(8-10-19)21-20(22(31)18-11-13-28-14-12-18)23(32)25(33)30(21)27-29-16(3)24(37-27)26(34)35-5-2/h7-14,21,31H,4-6,15H2,1-3H3/b22-20+. The number of benzene rings is 1. The van der Waals surface area contributed by atoms with Crippen molar-refractivity contribution in [1.29, 1.82) is 0 Å². The molecule has 0 bridgehead atoms. The number of unbranched alkanes of at least 4 members (excludes halogenated alkanes) is 1. The van der Waals surface area contributed by atoms with E-state index in [4.69, 9.17) is 9.47 Å². The molecule has 0 spiro atoms. The Labute approximate surface area is 218 Å². The number of aliphatic hydroxyl groups is 1. The number of nitrogens with zero attached hydrogens (tertiary/aromatic N) is 3. The number of rotatable bonds is 9. The summed E-state index contributed by atoms with van der Waals surface area (Å²) in [7, 11) is 0. The van der Waals surface area contributed by atoms with Gasteiger partial charge in [-0.05, 0) is 50.1 Å². The number of hydrogen-bond donors (Lipinski definition) is 1. The van der Waals surface area contributed by atoms with Gasteiger partial charge in [-0.3, -0.25) is 19.5 Å². The Morgan fingerprint density at radius 1 is 1.11 bits per heavy atom. The van der Waals surface area contributed by atoms with E-state index in [1.807, 2.05) is 0 Å². The average molecular weight is 522 g/mol. The summed E-state index contributed by atoms with van der Waals surface area (Å²) in [6.07, 6.45) is 4.89. The van der Waals surface area contributed by atoms with Gasteiger partial charge < -0.3 is 14.6 Å². The van der Waals surface area contributed by atoms with Crippen LogP contribution in [0.25, 0.3) is 5.76 Å². The Morgan fingerprint density at radius 2 is 1.81 bits per heavy atom. The number of thiazole rings is 1. The zero-order valence-electron chi connectivity index (χ0n) is 20.8. The molecule has 10 heteroatoms. The monoisotopic (exact) mass is 521 g/mol. The normalized spacial score (nSPS) is 16.7. The van der Waals surface area contributed by atoms with E-state index in [0.717, 1.165) is 24.2 Å². The number of pyridine rings is 1. The van der Waals surface area contributed by atoms with E-state index in [2.05, 4.69) is 16.9 Å². The van der Waals surface area contributed by atoms with Crippen LogP contribution >= 0.6 is 11.3 Å². The predicted molar refractivity (Wildman–Crippen MR) is 139 cm³/mol. The van der Waals surface area contributed by atoms with Crippen LogP contribution in [0.5, 0.6) is 5.75 Å². The number of aryl methyl sites for hydroxylation is 1. The van der Waals surface area contributed by atoms with E-state index in [9.17, 15) is 19.5 Å². The van der Waals surface area contributed by atoms with Crippen molar-refractivity contribution in [2.45, 2.75) is 39.7 Å². The van der Waals surface area contributed by atoms with E-state index >= 15 is 0 Å². The molecule has 4 rings (SSSR count). The second-order valence-electron chi connectivity index (χ2n) is 8.31. The molecule has 37 heavy (non-hydrogen) atoms. The minimum Gasteiger partial charge on any atom is -0.507 e. The fourth-order valence-corrected chi connectivity index (χ4v) is 4.95. The first kappa shape index (κ1) is 26.0. The molecule has 0 saturated carbocycles. The van der Waals surface area contributed by atoms with E-state index in [1.54, 1.807) is 50.2 Å². The molecule has 1 N–H and O–H groups in total. The second-order valence-corrected chi connectivity index (χ2v) is 9.29. The highest BCUT2D eigenvalue weighted by molar-refractivity contribution is 7.17. The number of ketones is 1. The summed E-state index contributed by atoms with van der Waals surface area (Å²) in [5.41, 5.74) is 1.22. The molecular formula is C27H27N3O6S. The van der Waals surface area contributed by atoms with Gasteiger partial charge in [0.1, 0.15) is 16.4 Å². The summed E-state index contributed by atoms with van der Waals surface area (Å²) in [5.74, 6) is -1.93. The zero-order chi connectivity index (χ0) is 26.5. The van der Waals surface area contributed by atoms with Crippen molar-refractivity contribution in [1.82, 2.24) is 9.97 Å². The smallest absolute Gasteiger partial charge is 0.350 e. The molecular weight excluding hydrogens is 494 g/mol. The number of carbonyl (C=O) groups is 3. The molecule has 3 heterocycles. The number of ether oxygens (including phenoxy) is 2. The number of amides is 1. The Kier molecular flexibility index (Phi) is 7.98. The van der Waals surface area contributed by atoms with Gasteiger partial charge in [0.2, 0.25) is 0 Å². The number of anilines is 1. The summed E-state index contributed by atoms with van der Waals surface area (Å²) in [6.45, 7) is 6.17. The minimum absolute atomic E-state index is 0.0820. The highest BCUT2D eigenvalue weighted by Crippen LogP contribution is 2.44. The van der Waals surface area contributed by atoms with E-state index in [1.165, 1.54) is 17.3 Å². The number of aliphatic hydroxyl groups excluding tert-OH is 1. The van der Waals surface area contributed by atoms with Crippen LogP contribution in [-0.4, -0.2) is 45.9 Å². The molecule has 9 nitrogen and oxygen atoms in total. The van der Waals surface area contributed by atoms with E-state index < -0.39 is 23.7 Å². The van der Waals surface area contributed by atoms with Gasteiger partial charge in [-0.2, -0.15) is 0 Å². The van der Waals surface area contributed by atoms with Gasteiger partial charge >= 0.3 is 11.9 Å². The van der Waals surface area contributed by atoms with Crippen LogP contribution in [0.1, 0.15) is 59.2 Å². The van der Waals surface area contributed by atoms with E-state index in [0.29, 0.717) is 29.2 Å². The first-order valence-electron chi connectivity index (χ1n) is 12.0. The third-order valence-corrected chi connectivity index (χ3v) is 6.95. The topological polar surface area (TPSA) is 119 Å². The fourth-order valence-electron chi connectivity index (χ4n) is 3.96. The Hall–Kier alpha value is -4.05. The molecule has 0 radical (unpaired) electrons. The summed E-state index contributed by atoms with van der Waals surface area (Å²) < 4.78 is 10.9. The minimum atomic E-state index is -0.974. The van der Waals surface area contributed by atoms with Crippen LogP contribution in [-0.2, 0) is 14.3 Å². The van der Waals surface area contributed by atoms with Crippen molar-refractivity contribution < 1.29 is 29.0 Å². The van der Waals surface area contributed by atoms with Gasteiger partial charge in [0, 0.05) is 18.0 Å². The number of esters is 1. The third kappa shape index (κ3) is 5.24. The largest absolute Gasteiger partial charge is 0.507 e. The lowest BCUT2D eigenvalue weighted by atomic mass is 9.95. The van der Waals surface area contributed by atoms with Gasteiger partial charge in [0.15, 0.2) is 5.13 Å². The quantitative estimate of drug-likeness (QED) is 0.140. The molecule has 1 saturated heterocycles. The molecule has 1 amide bonds. The summed E-state index contributed by atoms with van der Waals surface area (Å²) in [5, 5.41) is 11.3. The van der Waals surface area contributed by atoms with E-state index in [-0.39, 0.29) is 27.9 Å². The van der Waals surface area contributed by atoms with Gasteiger partial charge in [-0.1, -0.05) is 36.8 Å². The van der Waals surface area contributed by atoms with Crippen LogP contribution in [0.2, 0.25) is 0 Å². The second kappa shape index (κ2) is 11.3. The highest BCUT2D eigenvalue weighted by Gasteiger charge is 2.48. The van der Waals surface area contributed by atoms with Gasteiger partial charge in [0.25, 0.3) is 5.78 Å². The predicted octanol–water partition coefficient (Wildman–Crippen LogP) is 4.83. The first-order chi connectivity index (χ1) is 17.9. The van der Waals surface area contributed by atoms with Crippen LogP contribution in [0.15, 0.2) is 54.4 Å². The maximum atomic E-state index is 13.3. The number of carbonyl (C=O) groups excluding carboxylic acids is 3. The van der Waals surface area contributed by atoms with Crippen LogP contribution in [0.3, 0.4) is 0 Å². The molecule has 1 fully saturated rings. The molecule has 3 aromatic rings. The number of Topliss-reactive ketones (excluding diaryl/α,β-unsaturated/α-hetero) is 1. The van der Waals surface area contributed by atoms with Crippen LogP contribution < -0.4 is 9.64 Å². The maximum Gasteiger partial charge on any atom is 0.350 e. The first-order valence-corrected chi connectivity index (χ1v) is 12.8. The fraction of sp³-hybridized carbons (Fsp3) is 0.296. The van der Waals surface area contributed by atoms with Crippen molar-refractivity contribution >= 4 is 39.9 Å². The molecule has 1 aliphatic rings. The summed E-state index contributed by atoms with van der Waals surface area (Å²) >= 11 is 0.964. The number of hydrogen-bond acceptors (Lipinski definition) is 9. The molecule has 192 valence electrons. The lowest BCUT2D eigenvalue weighted by Crippen LogP contribution is -2.29. The molecule has 1 unspecified atom stereocenters. The summed E-state index contributed by atoms with van der Waals surface area (Å²) in [6, 6.07) is 9.14. The molecule has 1 aromatic carbocycles. The number of aromatic nitrogens is 2. The van der Waals surface area contributed by atoms with Crippen LogP contribution in [0, 0.1) is 6.92 Å². The van der Waals surface area contributed by atoms with Crippen molar-refractivity contribution in [2.75, 3.05) is 18.1 Å². The Bertz CT molecular complexity index is 1330. The Morgan fingerprint density at radius 3 is 2.46 bits per heavy atom. The van der Waals surface area contributed by atoms with Crippen molar-refractivity contribution in [3.63, 3.8) is 0 Å². The zero-order valence-corrected chi connectivity index (χ0v) is 21.6. The maximum absolute atomic E-state index is 13.3. The molecule has 1 atom stereocenters. The molecule has 1 aliphatic heterocycles. The lowest BCUT2D eigenvalue weighted by Gasteiger charge is -2.23. The van der Waals surface area contributed by atoms with Crippen molar-refractivity contribution in [3.05, 3.63) is 76.1 Å².